The van der Waals surface area contributed by atoms with Gasteiger partial charge in [-0.05, 0) is 55.0 Å². The largest absolute Gasteiger partial charge is 0.378 e. The van der Waals surface area contributed by atoms with Crippen molar-refractivity contribution in [3.8, 4) is 0 Å². The van der Waals surface area contributed by atoms with Crippen molar-refractivity contribution in [1.82, 2.24) is 14.8 Å². The number of nitrogens with zero attached hydrogens (tertiary/aromatic N) is 3. The van der Waals surface area contributed by atoms with E-state index in [0.717, 1.165) is 23.2 Å². The molecule has 2 amide bonds. The first kappa shape index (κ1) is 27.3. The summed E-state index contributed by atoms with van der Waals surface area (Å²) >= 11 is 0. The summed E-state index contributed by atoms with van der Waals surface area (Å²) in [6.07, 6.45) is 3.19. The van der Waals surface area contributed by atoms with Crippen molar-refractivity contribution < 1.29 is 9.59 Å². The monoisotopic (exact) mass is 490 g/mol. The summed E-state index contributed by atoms with van der Waals surface area (Å²) in [5.41, 5.74) is 4.36. The van der Waals surface area contributed by atoms with Gasteiger partial charge in [-0.15, -0.1) is 0 Å². The van der Waals surface area contributed by atoms with E-state index in [2.05, 4.69) is 67.1 Å². The number of hydrogen-bond donors (Lipinski definition) is 1. The van der Waals surface area contributed by atoms with Gasteiger partial charge in [0.1, 0.15) is 0 Å². The molecule has 3 rings (SSSR count). The van der Waals surface area contributed by atoms with Gasteiger partial charge in [0.05, 0.1) is 6.54 Å². The number of anilines is 1. The lowest BCUT2D eigenvalue weighted by Gasteiger charge is -2.32. The van der Waals surface area contributed by atoms with Gasteiger partial charge in [0.15, 0.2) is 0 Å². The van der Waals surface area contributed by atoms with Gasteiger partial charge in [-0.1, -0.05) is 51.1 Å². The quantitative estimate of drug-likeness (QED) is 0.409. The molecule has 2 aromatic carbocycles. The van der Waals surface area contributed by atoms with Crippen LogP contribution in [0.15, 0.2) is 54.7 Å². The number of amides is 2. The topological polar surface area (TPSA) is 59.7 Å². The number of rotatable bonds is 10. The maximum Gasteiger partial charge on any atom is 0.242 e. The van der Waals surface area contributed by atoms with Crippen LogP contribution < -0.4 is 4.90 Å². The minimum Gasteiger partial charge on any atom is -0.378 e. The molecule has 36 heavy (non-hydrogen) atoms. The minimum atomic E-state index is -0.128. The lowest BCUT2D eigenvalue weighted by atomic mass is 9.91. The average molecular weight is 491 g/mol. The summed E-state index contributed by atoms with van der Waals surface area (Å²) in [5, 5.41) is 1.18. The number of benzene rings is 2. The van der Waals surface area contributed by atoms with Crippen LogP contribution in [0.5, 0.6) is 0 Å². The first-order valence-corrected chi connectivity index (χ1v) is 12.8. The second kappa shape index (κ2) is 11.6. The van der Waals surface area contributed by atoms with Gasteiger partial charge in [-0.25, -0.2) is 0 Å². The Bertz CT molecular complexity index is 1160. The highest BCUT2D eigenvalue weighted by molar-refractivity contribution is 5.86. The summed E-state index contributed by atoms with van der Waals surface area (Å²) in [4.78, 5) is 35.7. The first-order chi connectivity index (χ1) is 16.9. The van der Waals surface area contributed by atoms with E-state index in [0.29, 0.717) is 19.5 Å². The standard InChI is InChI=1S/C30H42N4O2/c1-22(2)34(28(35)18-30(3,4)5)21-29(36)33(20-23-12-14-25(15-13-23)32(6)7)17-16-24-19-31-27-11-9-8-10-26(24)27/h8-15,19,22,31H,16-18,20-21H2,1-7H3. The molecule has 0 unspecified atom stereocenters. The zero-order chi connectivity index (χ0) is 26.5. The predicted octanol–water partition coefficient (Wildman–Crippen LogP) is 5.48. The molecule has 0 spiro atoms. The zero-order valence-electron chi connectivity index (χ0n) is 23.0. The summed E-state index contributed by atoms with van der Waals surface area (Å²) in [5.74, 6) is 0.000232. The molecule has 0 radical (unpaired) electrons. The highest BCUT2D eigenvalue weighted by Gasteiger charge is 2.27. The third kappa shape index (κ3) is 7.36. The van der Waals surface area contributed by atoms with E-state index in [1.165, 1.54) is 10.9 Å². The number of carbonyl (C=O) groups is 2. The van der Waals surface area contributed by atoms with Crippen LogP contribution in [0.2, 0.25) is 0 Å². The Hall–Kier alpha value is -3.28. The molecule has 6 nitrogen and oxygen atoms in total. The molecule has 1 aromatic heterocycles. The van der Waals surface area contributed by atoms with Crippen LogP contribution in [0.25, 0.3) is 10.9 Å². The number of aromatic amines is 1. The van der Waals surface area contributed by atoms with Gasteiger partial charge in [0.25, 0.3) is 0 Å². The SMILES string of the molecule is CC(C)N(CC(=O)N(CCc1c[nH]c2ccccc12)Cc1ccc(N(C)C)cc1)C(=O)CC(C)(C)C. The molecule has 1 heterocycles. The minimum absolute atomic E-state index is 0.0255. The van der Waals surface area contributed by atoms with Crippen LogP contribution in [-0.2, 0) is 22.6 Å². The maximum atomic E-state index is 13.6. The van der Waals surface area contributed by atoms with Gasteiger partial charge >= 0.3 is 0 Å². The number of fused-ring (bicyclic) bond motifs is 1. The zero-order valence-corrected chi connectivity index (χ0v) is 23.0. The van der Waals surface area contributed by atoms with Crippen molar-refractivity contribution in [1.29, 1.82) is 0 Å². The van der Waals surface area contributed by atoms with Gasteiger partial charge < -0.3 is 19.7 Å². The molecular weight excluding hydrogens is 448 g/mol. The Morgan fingerprint density at radius 3 is 2.22 bits per heavy atom. The van der Waals surface area contributed by atoms with Crippen molar-refractivity contribution in [3.05, 3.63) is 65.9 Å². The van der Waals surface area contributed by atoms with Gasteiger partial charge in [-0.3, -0.25) is 9.59 Å². The van der Waals surface area contributed by atoms with Crippen molar-refractivity contribution >= 4 is 28.4 Å². The maximum absolute atomic E-state index is 13.6. The fourth-order valence-corrected chi connectivity index (χ4v) is 4.37. The summed E-state index contributed by atoms with van der Waals surface area (Å²) in [6.45, 7) is 11.3. The lowest BCUT2D eigenvalue weighted by Crippen LogP contribution is -2.46. The normalized spacial score (nSPS) is 11.7. The number of H-pyrrole nitrogens is 1. The molecule has 0 aliphatic heterocycles. The predicted molar refractivity (Wildman–Crippen MR) is 149 cm³/mol. The molecule has 3 aromatic rings. The molecule has 0 aliphatic carbocycles. The molecule has 0 fully saturated rings. The van der Waals surface area contributed by atoms with E-state index in [-0.39, 0.29) is 29.8 Å². The third-order valence-electron chi connectivity index (χ3n) is 6.44. The van der Waals surface area contributed by atoms with Crippen LogP contribution in [0.3, 0.4) is 0 Å². The molecule has 0 bridgehead atoms. The number of hydrogen-bond acceptors (Lipinski definition) is 3. The number of carbonyl (C=O) groups excluding carboxylic acids is 2. The van der Waals surface area contributed by atoms with Crippen molar-refractivity contribution in [2.45, 2.75) is 60.0 Å². The highest BCUT2D eigenvalue weighted by Crippen LogP contribution is 2.22. The van der Waals surface area contributed by atoms with Gasteiger partial charge in [0, 0.05) is 62.4 Å². The Morgan fingerprint density at radius 2 is 1.61 bits per heavy atom. The van der Waals surface area contributed by atoms with Crippen molar-refractivity contribution in [2.75, 3.05) is 32.1 Å². The second-order valence-corrected chi connectivity index (χ2v) is 11.3. The van der Waals surface area contributed by atoms with Crippen LogP contribution in [0.4, 0.5) is 5.69 Å². The summed E-state index contributed by atoms with van der Waals surface area (Å²) in [7, 11) is 4.03. The number of nitrogens with one attached hydrogen (secondary N) is 1. The van der Waals surface area contributed by atoms with Crippen molar-refractivity contribution in [3.63, 3.8) is 0 Å². The fraction of sp³-hybridized carbons (Fsp3) is 0.467. The summed E-state index contributed by atoms with van der Waals surface area (Å²) < 4.78 is 0. The Kier molecular flexibility index (Phi) is 8.83. The van der Waals surface area contributed by atoms with Gasteiger partial charge in [-0.2, -0.15) is 0 Å². The smallest absolute Gasteiger partial charge is 0.242 e. The first-order valence-electron chi connectivity index (χ1n) is 12.8. The van der Waals surface area contributed by atoms with Gasteiger partial charge in [0.2, 0.25) is 11.8 Å². The van der Waals surface area contributed by atoms with E-state index in [1.807, 2.05) is 51.2 Å². The Balaban J connectivity index is 1.80. The van der Waals surface area contributed by atoms with Crippen LogP contribution >= 0.6 is 0 Å². The third-order valence-corrected chi connectivity index (χ3v) is 6.44. The highest BCUT2D eigenvalue weighted by atomic mass is 16.2. The molecular formula is C30H42N4O2. The molecule has 0 aliphatic rings. The molecule has 1 N–H and O–H groups in total. The second-order valence-electron chi connectivity index (χ2n) is 11.3. The number of para-hydroxylation sites is 1. The van der Waals surface area contributed by atoms with E-state index in [1.54, 1.807) is 4.90 Å². The van der Waals surface area contributed by atoms with Crippen LogP contribution in [0.1, 0.15) is 52.2 Å². The van der Waals surface area contributed by atoms with E-state index >= 15 is 0 Å². The molecule has 0 atom stereocenters. The van der Waals surface area contributed by atoms with Crippen molar-refractivity contribution in [2.24, 2.45) is 5.41 Å². The summed E-state index contributed by atoms with van der Waals surface area (Å²) in [6, 6.07) is 16.5. The van der Waals surface area contributed by atoms with E-state index in [4.69, 9.17) is 0 Å². The lowest BCUT2D eigenvalue weighted by molar-refractivity contribution is -0.143. The van der Waals surface area contributed by atoms with E-state index in [9.17, 15) is 9.59 Å². The molecule has 194 valence electrons. The molecule has 0 saturated carbocycles. The number of aromatic nitrogens is 1. The van der Waals surface area contributed by atoms with E-state index < -0.39 is 0 Å². The fourth-order valence-electron chi connectivity index (χ4n) is 4.37. The Morgan fingerprint density at radius 1 is 0.944 bits per heavy atom. The van der Waals surface area contributed by atoms with Crippen LogP contribution in [-0.4, -0.2) is 59.8 Å². The molecule has 6 heteroatoms. The Labute approximate surface area is 216 Å². The van der Waals surface area contributed by atoms with Crippen LogP contribution in [0, 0.1) is 5.41 Å². The molecule has 0 saturated heterocycles. The average Bonchev–Trinajstić information content (AvgIpc) is 3.22.